The largest absolute Gasteiger partial charge is 0.357 e. The average molecular weight is 349 g/mol. The van der Waals surface area contributed by atoms with Crippen molar-refractivity contribution in [1.82, 2.24) is 20.6 Å². The van der Waals surface area contributed by atoms with E-state index in [9.17, 15) is 0 Å². The van der Waals surface area contributed by atoms with Crippen LogP contribution in [0.25, 0.3) is 11.0 Å². The molecule has 0 bridgehead atoms. The van der Waals surface area contributed by atoms with Crippen molar-refractivity contribution >= 4 is 17.0 Å². The maximum atomic E-state index is 4.73. The lowest BCUT2D eigenvalue weighted by Crippen LogP contribution is -2.38. The highest BCUT2D eigenvalue weighted by Crippen LogP contribution is 2.11. The van der Waals surface area contributed by atoms with Gasteiger partial charge in [0.25, 0.3) is 0 Å². The predicted molar refractivity (Wildman–Crippen MR) is 108 cm³/mol. The van der Waals surface area contributed by atoms with E-state index >= 15 is 0 Å². The number of fused-ring (bicyclic) bond motifs is 1. The molecule has 0 aliphatic rings. The lowest BCUT2D eigenvalue weighted by molar-refractivity contribution is 0.779. The Bertz CT molecular complexity index is 832. The lowest BCUT2D eigenvalue weighted by Gasteiger charge is -2.11. The Balaban J connectivity index is 1.59. The fraction of sp³-hybridized carbons (Fsp3) is 0.333. The summed E-state index contributed by atoms with van der Waals surface area (Å²) in [5.41, 5.74) is 4.73. The molecule has 2 aromatic carbocycles. The first-order chi connectivity index (χ1) is 12.8. The van der Waals surface area contributed by atoms with Crippen LogP contribution < -0.4 is 10.6 Å². The third kappa shape index (κ3) is 4.63. The van der Waals surface area contributed by atoms with E-state index in [1.54, 1.807) is 0 Å². The second-order valence-corrected chi connectivity index (χ2v) is 6.19. The van der Waals surface area contributed by atoms with Crippen LogP contribution in [0.1, 0.15) is 30.8 Å². The highest BCUT2D eigenvalue weighted by molar-refractivity contribution is 5.79. The van der Waals surface area contributed by atoms with Crippen molar-refractivity contribution in [3.63, 3.8) is 0 Å². The molecular weight excluding hydrogens is 322 g/mol. The van der Waals surface area contributed by atoms with Gasteiger partial charge in [-0.1, -0.05) is 43.3 Å². The highest BCUT2D eigenvalue weighted by Gasteiger charge is 2.04. The first-order valence-corrected chi connectivity index (χ1v) is 9.32. The fourth-order valence-corrected chi connectivity index (χ4v) is 2.99. The van der Waals surface area contributed by atoms with Gasteiger partial charge in [-0.15, -0.1) is 0 Å². The van der Waals surface area contributed by atoms with Crippen molar-refractivity contribution in [3.05, 3.63) is 65.5 Å². The number of rotatable bonds is 7. The van der Waals surface area contributed by atoms with E-state index in [1.165, 1.54) is 11.1 Å². The zero-order valence-electron chi connectivity index (χ0n) is 15.5. The molecule has 5 heteroatoms. The molecule has 1 aromatic heterocycles. The molecule has 0 amide bonds. The number of imidazole rings is 1. The summed E-state index contributed by atoms with van der Waals surface area (Å²) in [7, 11) is 0. The standard InChI is InChI=1S/C21H27N5/c1-3-16-9-5-6-10-17(16)15-24-21(22-4-2)23-14-13-20-25-18-11-7-8-12-19(18)26-20/h5-12H,3-4,13-15H2,1-2H3,(H,25,26)(H2,22,23,24). The molecule has 3 aromatic rings. The first-order valence-electron chi connectivity index (χ1n) is 9.32. The summed E-state index contributed by atoms with van der Waals surface area (Å²) in [6.07, 6.45) is 1.85. The Morgan fingerprint density at radius 1 is 1.00 bits per heavy atom. The van der Waals surface area contributed by atoms with Crippen LogP contribution in [0.3, 0.4) is 0 Å². The molecule has 0 spiro atoms. The van der Waals surface area contributed by atoms with Gasteiger partial charge in [-0.2, -0.15) is 0 Å². The minimum atomic E-state index is 0.685. The molecule has 0 aliphatic heterocycles. The van der Waals surface area contributed by atoms with Gasteiger partial charge in [0, 0.05) is 19.5 Å². The topological polar surface area (TPSA) is 65.1 Å². The van der Waals surface area contributed by atoms with Crippen LogP contribution in [0.4, 0.5) is 0 Å². The molecule has 0 unspecified atom stereocenters. The average Bonchev–Trinajstić information content (AvgIpc) is 3.09. The number of aliphatic imine (C=N–C) groups is 1. The molecule has 0 fully saturated rings. The molecule has 26 heavy (non-hydrogen) atoms. The molecule has 1 heterocycles. The number of H-pyrrole nitrogens is 1. The van der Waals surface area contributed by atoms with Gasteiger partial charge >= 0.3 is 0 Å². The molecular formula is C21H27N5. The van der Waals surface area contributed by atoms with E-state index in [2.05, 4.69) is 64.8 Å². The Morgan fingerprint density at radius 2 is 1.77 bits per heavy atom. The summed E-state index contributed by atoms with van der Waals surface area (Å²) in [6, 6.07) is 16.6. The number of aromatic amines is 1. The van der Waals surface area contributed by atoms with Gasteiger partial charge < -0.3 is 15.6 Å². The minimum Gasteiger partial charge on any atom is -0.357 e. The van der Waals surface area contributed by atoms with Gasteiger partial charge in [-0.05, 0) is 36.6 Å². The van der Waals surface area contributed by atoms with E-state index in [0.29, 0.717) is 6.54 Å². The number of guanidine groups is 1. The number of aromatic nitrogens is 2. The summed E-state index contributed by atoms with van der Waals surface area (Å²) in [4.78, 5) is 12.7. The summed E-state index contributed by atoms with van der Waals surface area (Å²) in [5.74, 6) is 1.83. The van der Waals surface area contributed by atoms with E-state index < -0.39 is 0 Å². The van der Waals surface area contributed by atoms with Crippen molar-refractivity contribution in [2.75, 3.05) is 13.1 Å². The van der Waals surface area contributed by atoms with Crippen LogP contribution in [-0.2, 0) is 19.4 Å². The number of benzene rings is 2. The molecule has 3 N–H and O–H groups in total. The lowest BCUT2D eigenvalue weighted by atomic mass is 10.1. The number of nitrogens with one attached hydrogen (secondary N) is 3. The quantitative estimate of drug-likeness (QED) is 0.452. The van der Waals surface area contributed by atoms with Crippen LogP contribution in [0.5, 0.6) is 0 Å². The number of hydrogen-bond donors (Lipinski definition) is 3. The summed E-state index contributed by atoms with van der Waals surface area (Å²) in [5, 5.41) is 6.71. The monoisotopic (exact) mass is 349 g/mol. The number of hydrogen-bond acceptors (Lipinski definition) is 2. The van der Waals surface area contributed by atoms with E-state index in [0.717, 1.165) is 48.7 Å². The van der Waals surface area contributed by atoms with Gasteiger partial charge in [0.15, 0.2) is 5.96 Å². The molecule has 0 aliphatic carbocycles. The second-order valence-electron chi connectivity index (χ2n) is 6.19. The van der Waals surface area contributed by atoms with Crippen molar-refractivity contribution in [2.24, 2.45) is 4.99 Å². The smallest absolute Gasteiger partial charge is 0.191 e. The Labute approximate surface area is 155 Å². The SMILES string of the molecule is CCNC(=NCc1ccccc1CC)NCCc1nc2ccccc2[nH]1. The Hall–Kier alpha value is -2.82. The molecule has 136 valence electrons. The maximum Gasteiger partial charge on any atom is 0.191 e. The molecule has 0 radical (unpaired) electrons. The molecule has 0 saturated heterocycles. The van der Waals surface area contributed by atoms with Gasteiger partial charge in [-0.25, -0.2) is 9.98 Å². The molecule has 3 rings (SSSR count). The third-order valence-corrected chi connectivity index (χ3v) is 4.34. The first kappa shape index (κ1) is 18.0. The van der Waals surface area contributed by atoms with Crippen molar-refractivity contribution < 1.29 is 0 Å². The Morgan fingerprint density at radius 3 is 2.54 bits per heavy atom. The zero-order chi connectivity index (χ0) is 18.2. The summed E-state index contributed by atoms with van der Waals surface area (Å²) in [6.45, 7) is 6.56. The predicted octanol–water partition coefficient (Wildman–Crippen LogP) is 3.42. The van der Waals surface area contributed by atoms with Crippen LogP contribution in [0.15, 0.2) is 53.5 Å². The number of aryl methyl sites for hydroxylation is 1. The normalized spacial score (nSPS) is 11.7. The zero-order valence-corrected chi connectivity index (χ0v) is 15.5. The van der Waals surface area contributed by atoms with Gasteiger partial charge in [0.2, 0.25) is 0 Å². The van der Waals surface area contributed by atoms with Crippen LogP contribution in [0, 0.1) is 0 Å². The maximum absolute atomic E-state index is 4.73. The van der Waals surface area contributed by atoms with E-state index in [1.807, 2.05) is 18.2 Å². The van der Waals surface area contributed by atoms with Crippen LogP contribution >= 0.6 is 0 Å². The molecule has 5 nitrogen and oxygen atoms in total. The fourth-order valence-electron chi connectivity index (χ4n) is 2.99. The number of nitrogens with zero attached hydrogens (tertiary/aromatic N) is 2. The van der Waals surface area contributed by atoms with E-state index in [-0.39, 0.29) is 0 Å². The van der Waals surface area contributed by atoms with Crippen LogP contribution in [-0.4, -0.2) is 29.0 Å². The number of para-hydroxylation sites is 2. The van der Waals surface area contributed by atoms with Gasteiger partial charge in [0.1, 0.15) is 5.82 Å². The minimum absolute atomic E-state index is 0.685. The molecule has 0 atom stereocenters. The van der Waals surface area contributed by atoms with E-state index in [4.69, 9.17) is 4.99 Å². The van der Waals surface area contributed by atoms with Gasteiger partial charge in [-0.3, -0.25) is 0 Å². The summed E-state index contributed by atoms with van der Waals surface area (Å²) < 4.78 is 0. The second kappa shape index (κ2) is 9.04. The van der Waals surface area contributed by atoms with Gasteiger partial charge in [0.05, 0.1) is 17.6 Å². The van der Waals surface area contributed by atoms with Crippen molar-refractivity contribution in [1.29, 1.82) is 0 Å². The highest BCUT2D eigenvalue weighted by atomic mass is 15.2. The Kier molecular flexibility index (Phi) is 6.25. The van der Waals surface area contributed by atoms with Crippen LogP contribution in [0.2, 0.25) is 0 Å². The van der Waals surface area contributed by atoms with Crippen molar-refractivity contribution in [2.45, 2.75) is 33.2 Å². The summed E-state index contributed by atoms with van der Waals surface area (Å²) >= 11 is 0. The third-order valence-electron chi connectivity index (χ3n) is 4.34. The van der Waals surface area contributed by atoms with Crippen molar-refractivity contribution in [3.8, 4) is 0 Å². The molecule has 0 saturated carbocycles.